The summed E-state index contributed by atoms with van der Waals surface area (Å²) >= 11 is 6.06. The maximum atomic E-state index is 13.3. The number of rotatable bonds is 6. The summed E-state index contributed by atoms with van der Waals surface area (Å²) in [7, 11) is 0. The van der Waals surface area contributed by atoms with Gasteiger partial charge in [-0.2, -0.15) is 0 Å². The SMILES string of the molecule is CCc1ccc([C@H]2N(Cc3ccc(F)cc3)CCN2Cc2ccc(Cl)cc2)cc1. The Morgan fingerprint density at radius 3 is 1.76 bits per heavy atom. The van der Waals surface area contributed by atoms with E-state index in [-0.39, 0.29) is 12.0 Å². The molecule has 4 heteroatoms. The smallest absolute Gasteiger partial charge is 0.123 e. The number of hydrogen-bond donors (Lipinski definition) is 0. The fourth-order valence-corrected chi connectivity index (χ4v) is 4.19. The third-order valence-corrected chi connectivity index (χ3v) is 5.90. The van der Waals surface area contributed by atoms with Gasteiger partial charge in [-0.25, -0.2) is 4.39 Å². The summed E-state index contributed by atoms with van der Waals surface area (Å²) in [4.78, 5) is 4.98. The molecule has 4 rings (SSSR count). The summed E-state index contributed by atoms with van der Waals surface area (Å²) in [6.45, 7) is 5.82. The van der Waals surface area contributed by atoms with E-state index in [1.54, 1.807) is 12.1 Å². The van der Waals surface area contributed by atoms with E-state index in [0.29, 0.717) is 0 Å². The van der Waals surface area contributed by atoms with Crippen LogP contribution in [-0.2, 0) is 19.5 Å². The summed E-state index contributed by atoms with van der Waals surface area (Å²) in [5.41, 5.74) is 5.04. The number of halogens is 2. The van der Waals surface area contributed by atoms with Gasteiger partial charge in [-0.05, 0) is 52.9 Å². The summed E-state index contributed by atoms with van der Waals surface area (Å²) in [5, 5.41) is 0.764. The van der Waals surface area contributed by atoms with Gasteiger partial charge in [0.05, 0.1) is 6.17 Å². The summed E-state index contributed by atoms with van der Waals surface area (Å²) in [5.74, 6) is -0.189. The molecule has 0 unspecified atom stereocenters. The second kappa shape index (κ2) is 9.08. The average molecular weight is 409 g/mol. The predicted molar refractivity (Wildman–Crippen MR) is 117 cm³/mol. The number of nitrogens with zero attached hydrogens (tertiary/aromatic N) is 2. The number of hydrogen-bond acceptors (Lipinski definition) is 2. The molecule has 1 fully saturated rings. The van der Waals surface area contributed by atoms with Gasteiger partial charge in [0.15, 0.2) is 0 Å². The van der Waals surface area contributed by atoms with Gasteiger partial charge in [0.2, 0.25) is 0 Å². The lowest BCUT2D eigenvalue weighted by Crippen LogP contribution is -2.30. The van der Waals surface area contributed by atoms with Crippen molar-refractivity contribution in [2.45, 2.75) is 32.6 Å². The van der Waals surface area contributed by atoms with Gasteiger partial charge < -0.3 is 0 Å². The molecule has 1 aliphatic heterocycles. The molecule has 0 bridgehead atoms. The molecule has 1 heterocycles. The van der Waals surface area contributed by atoms with Crippen LogP contribution in [-0.4, -0.2) is 22.9 Å². The van der Waals surface area contributed by atoms with Crippen molar-refractivity contribution >= 4 is 11.6 Å². The Labute approximate surface area is 177 Å². The monoisotopic (exact) mass is 408 g/mol. The molecule has 1 atom stereocenters. The van der Waals surface area contributed by atoms with E-state index < -0.39 is 0 Å². The van der Waals surface area contributed by atoms with Crippen LogP contribution in [0.5, 0.6) is 0 Å². The summed E-state index contributed by atoms with van der Waals surface area (Å²) in [6.07, 6.45) is 1.24. The van der Waals surface area contributed by atoms with E-state index in [4.69, 9.17) is 11.6 Å². The molecule has 2 nitrogen and oxygen atoms in total. The number of benzene rings is 3. The average Bonchev–Trinajstić information content (AvgIpc) is 3.13. The van der Waals surface area contributed by atoms with E-state index in [0.717, 1.165) is 43.2 Å². The van der Waals surface area contributed by atoms with Crippen LogP contribution in [0.3, 0.4) is 0 Å². The van der Waals surface area contributed by atoms with E-state index in [1.807, 2.05) is 24.3 Å². The highest BCUT2D eigenvalue weighted by molar-refractivity contribution is 6.30. The van der Waals surface area contributed by atoms with Crippen LogP contribution < -0.4 is 0 Å². The van der Waals surface area contributed by atoms with Crippen LogP contribution in [0, 0.1) is 5.82 Å². The fraction of sp³-hybridized carbons (Fsp3) is 0.280. The zero-order valence-corrected chi connectivity index (χ0v) is 17.4. The van der Waals surface area contributed by atoms with Crippen molar-refractivity contribution in [3.8, 4) is 0 Å². The van der Waals surface area contributed by atoms with Gasteiger partial charge >= 0.3 is 0 Å². The normalized spacial score (nSPS) is 17.7. The Kier molecular flexibility index (Phi) is 6.29. The standard InChI is InChI=1S/C25H26ClFN2/c1-2-19-3-9-22(10-4-19)25-28(17-20-5-11-23(26)12-6-20)15-16-29(25)18-21-7-13-24(27)14-8-21/h3-14,25H,2,15-18H2,1H3/t25-/m1/s1. The summed E-state index contributed by atoms with van der Waals surface area (Å²) in [6, 6.07) is 23.9. The van der Waals surface area contributed by atoms with Crippen molar-refractivity contribution in [1.29, 1.82) is 0 Å². The molecule has 0 aliphatic carbocycles. The van der Waals surface area contributed by atoms with Crippen LogP contribution in [0.15, 0.2) is 72.8 Å². The molecule has 1 aliphatic rings. The van der Waals surface area contributed by atoms with Crippen molar-refractivity contribution in [2.75, 3.05) is 13.1 Å². The minimum atomic E-state index is -0.189. The van der Waals surface area contributed by atoms with Gasteiger partial charge in [0, 0.05) is 31.2 Å². The second-order valence-electron chi connectivity index (χ2n) is 7.66. The molecule has 0 saturated carbocycles. The molecule has 0 radical (unpaired) electrons. The molecule has 0 N–H and O–H groups in total. The molecule has 3 aromatic rings. The first-order valence-electron chi connectivity index (χ1n) is 10.2. The largest absolute Gasteiger partial charge is 0.279 e. The van der Waals surface area contributed by atoms with Crippen LogP contribution in [0.4, 0.5) is 4.39 Å². The molecule has 0 amide bonds. The first-order valence-corrected chi connectivity index (χ1v) is 10.6. The third-order valence-electron chi connectivity index (χ3n) is 5.65. The molecule has 150 valence electrons. The molecular formula is C25H26ClFN2. The lowest BCUT2D eigenvalue weighted by Gasteiger charge is -2.31. The highest BCUT2D eigenvalue weighted by Gasteiger charge is 2.33. The Morgan fingerprint density at radius 1 is 0.759 bits per heavy atom. The first-order chi connectivity index (χ1) is 14.1. The third kappa shape index (κ3) is 4.87. The van der Waals surface area contributed by atoms with Gasteiger partial charge in [0.1, 0.15) is 5.82 Å². The lowest BCUT2D eigenvalue weighted by molar-refractivity contribution is 0.126. The quantitative estimate of drug-likeness (QED) is 0.489. The van der Waals surface area contributed by atoms with Gasteiger partial charge in [-0.1, -0.05) is 67.1 Å². The van der Waals surface area contributed by atoms with Crippen LogP contribution in [0.2, 0.25) is 5.02 Å². The van der Waals surface area contributed by atoms with Crippen molar-refractivity contribution in [3.05, 3.63) is 106 Å². The van der Waals surface area contributed by atoms with E-state index in [2.05, 4.69) is 53.1 Å². The minimum absolute atomic E-state index is 0.189. The summed E-state index contributed by atoms with van der Waals surface area (Å²) < 4.78 is 13.3. The van der Waals surface area contributed by atoms with Crippen LogP contribution >= 0.6 is 11.6 Å². The lowest BCUT2D eigenvalue weighted by atomic mass is 10.1. The van der Waals surface area contributed by atoms with Crippen molar-refractivity contribution in [1.82, 2.24) is 9.80 Å². The van der Waals surface area contributed by atoms with E-state index >= 15 is 0 Å². The van der Waals surface area contributed by atoms with Crippen molar-refractivity contribution in [3.63, 3.8) is 0 Å². The molecule has 0 spiro atoms. The number of aryl methyl sites for hydroxylation is 1. The highest BCUT2D eigenvalue weighted by atomic mass is 35.5. The predicted octanol–water partition coefficient (Wildman–Crippen LogP) is 6.06. The van der Waals surface area contributed by atoms with Gasteiger partial charge in [0.25, 0.3) is 0 Å². The maximum absolute atomic E-state index is 13.3. The highest BCUT2D eigenvalue weighted by Crippen LogP contribution is 2.33. The topological polar surface area (TPSA) is 6.48 Å². The Balaban J connectivity index is 1.59. The van der Waals surface area contributed by atoms with E-state index in [9.17, 15) is 4.39 Å². The Bertz CT molecular complexity index is 867. The first kappa shape index (κ1) is 20.1. The minimum Gasteiger partial charge on any atom is -0.279 e. The second-order valence-corrected chi connectivity index (χ2v) is 8.10. The molecule has 29 heavy (non-hydrogen) atoms. The molecular weight excluding hydrogens is 383 g/mol. The molecule has 3 aromatic carbocycles. The zero-order valence-electron chi connectivity index (χ0n) is 16.7. The van der Waals surface area contributed by atoms with E-state index in [1.165, 1.54) is 16.7 Å². The maximum Gasteiger partial charge on any atom is 0.123 e. The fourth-order valence-electron chi connectivity index (χ4n) is 4.06. The van der Waals surface area contributed by atoms with Crippen molar-refractivity contribution < 1.29 is 4.39 Å². The van der Waals surface area contributed by atoms with Crippen molar-refractivity contribution in [2.24, 2.45) is 0 Å². The van der Waals surface area contributed by atoms with Gasteiger partial charge in [-0.15, -0.1) is 0 Å². The zero-order chi connectivity index (χ0) is 20.2. The molecule has 1 saturated heterocycles. The molecule has 0 aromatic heterocycles. The Hall–Kier alpha value is -2.20. The van der Waals surface area contributed by atoms with Crippen LogP contribution in [0.25, 0.3) is 0 Å². The van der Waals surface area contributed by atoms with Gasteiger partial charge in [-0.3, -0.25) is 9.80 Å². The Morgan fingerprint density at radius 2 is 1.24 bits per heavy atom. The van der Waals surface area contributed by atoms with Crippen LogP contribution in [0.1, 0.15) is 35.3 Å².